The SMILES string of the molecule is c1nocc1C1NCCO1. The van der Waals surface area contributed by atoms with E-state index in [0.29, 0.717) is 0 Å². The van der Waals surface area contributed by atoms with E-state index < -0.39 is 0 Å². The van der Waals surface area contributed by atoms with Crippen LogP contribution in [0, 0.1) is 0 Å². The minimum absolute atomic E-state index is 0.00810. The average molecular weight is 140 g/mol. The maximum Gasteiger partial charge on any atom is 0.139 e. The van der Waals surface area contributed by atoms with Gasteiger partial charge in [0, 0.05) is 6.54 Å². The van der Waals surface area contributed by atoms with Crippen molar-refractivity contribution < 1.29 is 9.26 Å². The van der Waals surface area contributed by atoms with Crippen molar-refractivity contribution in [2.24, 2.45) is 0 Å². The van der Waals surface area contributed by atoms with Crippen molar-refractivity contribution in [1.29, 1.82) is 0 Å². The average Bonchev–Trinajstić information content (AvgIpc) is 2.59. The monoisotopic (exact) mass is 140 g/mol. The minimum Gasteiger partial charge on any atom is -0.364 e. The molecule has 0 amide bonds. The molecule has 0 aliphatic carbocycles. The summed E-state index contributed by atoms with van der Waals surface area (Å²) >= 11 is 0. The van der Waals surface area contributed by atoms with Crippen LogP contribution in [0.2, 0.25) is 0 Å². The number of hydrogen-bond acceptors (Lipinski definition) is 4. The Bertz CT molecular complexity index is 192. The summed E-state index contributed by atoms with van der Waals surface area (Å²) < 4.78 is 9.94. The van der Waals surface area contributed by atoms with Crippen LogP contribution in [0.5, 0.6) is 0 Å². The van der Waals surface area contributed by atoms with Crippen molar-refractivity contribution in [2.45, 2.75) is 6.23 Å². The van der Waals surface area contributed by atoms with E-state index in [1.807, 2.05) is 0 Å². The lowest BCUT2D eigenvalue weighted by Gasteiger charge is -2.03. The highest BCUT2D eigenvalue weighted by Gasteiger charge is 2.17. The van der Waals surface area contributed by atoms with Gasteiger partial charge < -0.3 is 9.26 Å². The van der Waals surface area contributed by atoms with Crippen molar-refractivity contribution in [3.63, 3.8) is 0 Å². The van der Waals surface area contributed by atoms with Gasteiger partial charge in [0.05, 0.1) is 18.4 Å². The Hall–Kier alpha value is -0.870. The molecule has 4 nitrogen and oxygen atoms in total. The highest BCUT2D eigenvalue weighted by atomic mass is 16.5. The third kappa shape index (κ3) is 0.913. The van der Waals surface area contributed by atoms with E-state index in [4.69, 9.17) is 4.74 Å². The van der Waals surface area contributed by atoms with E-state index in [1.54, 1.807) is 12.5 Å². The first-order chi connectivity index (χ1) is 4.97. The summed E-state index contributed by atoms with van der Waals surface area (Å²) in [4.78, 5) is 0. The molecule has 2 rings (SSSR count). The van der Waals surface area contributed by atoms with Crippen LogP contribution in [0.1, 0.15) is 11.8 Å². The lowest BCUT2D eigenvalue weighted by Crippen LogP contribution is -2.12. The Kier molecular flexibility index (Phi) is 1.41. The van der Waals surface area contributed by atoms with E-state index >= 15 is 0 Å². The molecule has 1 aliphatic heterocycles. The molecule has 4 heteroatoms. The van der Waals surface area contributed by atoms with Gasteiger partial charge in [-0.15, -0.1) is 0 Å². The summed E-state index contributed by atoms with van der Waals surface area (Å²) in [7, 11) is 0. The first-order valence-corrected chi connectivity index (χ1v) is 3.21. The van der Waals surface area contributed by atoms with Crippen LogP contribution in [0.3, 0.4) is 0 Å². The second-order valence-corrected chi connectivity index (χ2v) is 2.16. The summed E-state index contributed by atoms with van der Waals surface area (Å²) in [5, 5.41) is 6.71. The molecule has 1 aromatic rings. The van der Waals surface area contributed by atoms with Gasteiger partial charge in [-0.3, -0.25) is 5.32 Å². The van der Waals surface area contributed by atoms with Crippen molar-refractivity contribution in [3.8, 4) is 0 Å². The third-order valence-corrected chi connectivity index (χ3v) is 1.47. The topological polar surface area (TPSA) is 47.3 Å². The second-order valence-electron chi connectivity index (χ2n) is 2.16. The van der Waals surface area contributed by atoms with Gasteiger partial charge in [0.25, 0.3) is 0 Å². The fraction of sp³-hybridized carbons (Fsp3) is 0.500. The third-order valence-electron chi connectivity index (χ3n) is 1.47. The van der Waals surface area contributed by atoms with Crippen molar-refractivity contribution >= 4 is 0 Å². The van der Waals surface area contributed by atoms with Gasteiger partial charge in [-0.05, 0) is 0 Å². The highest BCUT2D eigenvalue weighted by Crippen LogP contribution is 2.15. The van der Waals surface area contributed by atoms with Crippen molar-refractivity contribution in [1.82, 2.24) is 10.5 Å². The van der Waals surface area contributed by atoms with E-state index in [1.165, 1.54) is 0 Å². The van der Waals surface area contributed by atoms with Crippen LogP contribution >= 0.6 is 0 Å². The van der Waals surface area contributed by atoms with Crippen LogP contribution in [0.15, 0.2) is 17.0 Å². The molecule has 2 heterocycles. The largest absolute Gasteiger partial charge is 0.364 e. The zero-order chi connectivity index (χ0) is 6.81. The quantitative estimate of drug-likeness (QED) is 0.609. The Labute approximate surface area is 58.1 Å². The van der Waals surface area contributed by atoms with Gasteiger partial charge in [-0.2, -0.15) is 0 Å². The van der Waals surface area contributed by atoms with Gasteiger partial charge >= 0.3 is 0 Å². The van der Waals surface area contributed by atoms with Crippen LogP contribution in [-0.4, -0.2) is 18.3 Å². The second kappa shape index (κ2) is 2.40. The number of ether oxygens (including phenoxy) is 1. The molecule has 0 aromatic carbocycles. The first kappa shape index (κ1) is 5.88. The van der Waals surface area contributed by atoms with Gasteiger partial charge in [0.15, 0.2) is 0 Å². The number of hydrogen-bond donors (Lipinski definition) is 1. The van der Waals surface area contributed by atoms with Crippen LogP contribution in [-0.2, 0) is 4.74 Å². The zero-order valence-corrected chi connectivity index (χ0v) is 5.41. The molecule has 10 heavy (non-hydrogen) atoms. The summed E-state index contributed by atoms with van der Waals surface area (Å²) in [6.45, 7) is 1.66. The molecule has 1 atom stereocenters. The minimum atomic E-state index is -0.00810. The Morgan fingerprint density at radius 3 is 3.30 bits per heavy atom. The molecule has 1 N–H and O–H groups in total. The molecular formula is C6H8N2O2. The van der Waals surface area contributed by atoms with Gasteiger partial charge in [0.1, 0.15) is 12.5 Å². The van der Waals surface area contributed by atoms with E-state index in [-0.39, 0.29) is 6.23 Å². The fourth-order valence-corrected chi connectivity index (χ4v) is 0.982. The zero-order valence-electron chi connectivity index (χ0n) is 5.41. The normalized spacial score (nSPS) is 25.4. The fourth-order valence-electron chi connectivity index (χ4n) is 0.982. The van der Waals surface area contributed by atoms with Crippen LogP contribution in [0.4, 0.5) is 0 Å². The number of rotatable bonds is 1. The number of nitrogens with zero attached hydrogens (tertiary/aromatic N) is 1. The summed E-state index contributed by atoms with van der Waals surface area (Å²) in [6, 6.07) is 0. The van der Waals surface area contributed by atoms with E-state index in [9.17, 15) is 0 Å². The van der Waals surface area contributed by atoms with Crippen molar-refractivity contribution in [3.05, 3.63) is 18.0 Å². The molecule has 0 radical (unpaired) electrons. The van der Waals surface area contributed by atoms with Gasteiger partial charge in [-0.1, -0.05) is 5.16 Å². The number of nitrogens with one attached hydrogen (secondary N) is 1. The maximum absolute atomic E-state index is 5.29. The van der Waals surface area contributed by atoms with Gasteiger partial charge in [0.2, 0.25) is 0 Å². The molecule has 54 valence electrons. The first-order valence-electron chi connectivity index (χ1n) is 3.21. The van der Waals surface area contributed by atoms with E-state index in [2.05, 4.69) is 15.0 Å². The van der Waals surface area contributed by atoms with Crippen LogP contribution < -0.4 is 5.32 Å². The predicted octanol–water partition coefficient (Wildman–Crippen LogP) is 0.293. The van der Waals surface area contributed by atoms with Gasteiger partial charge in [-0.25, -0.2) is 0 Å². The summed E-state index contributed by atoms with van der Waals surface area (Å²) in [5.74, 6) is 0. The molecule has 0 spiro atoms. The summed E-state index contributed by atoms with van der Waals surface area (Å²) in [6.07, 6.45) is 3.23. The molecule has 1 unspecified atom stereocenters. The molecule has 0 saturated carbocycles. The van der Waals surface area contributed by atoms with E-state index in [0.717, 1.165) is 18.7 Å². The molecule has 1 fully saturated rings. The number of aromatic nitrogens is 1. The standard InChI is InChI=1S/C6H8N2O2/c1-2-9-6(7-1)5-3-8-10-4-5/h3-4,6-7H,1-2H2. The predicted molar refractivity (Wildman–Crippen MR) is 33.2 cm³/mol. The smallest absolute Gasteiger partial charge is 0.139 e. The Morgan fingerprint density at radius 1 is 1.70 bits per heavy atom. The lowest BCUT2D eigenvalue weighted by atomic mass is 10.3. The highest BCUT2D eigenvalue weighted by molar-refractivity contribution is 5.05. The molecule has 1 saturated heterocycles. The molecule has 1 aliphatic rings. The molecule has 1 aromatic heterocycles. The van der Waals surface area contributed by atoms with Crippen LogP contribution in [0.25, 0.3) is 0 Å². The summed E-state index contributed by atoms with van der Waals surface area (Å²) in [5.41, 5.74) is 0.956. The maximum atomic E-state index is 5.29. The Morgan fingerprint density at radius 2 is 2.70 bits per heavy atom. The lowest BCUT2D eigenvalue weighted by molar-refractivity contribution is 0.101. The molecular weight excluding hydrogens is 132 g/mol. The molecule has 0 bridgehead atoms. The Balaban J connectivity index is 2.12. The van der Waals surface area contributed by atoms with Crippen molar-refractivity contribution in [2.75, 3.05) is 13.2 Å².